The molecule has 0 radical (unpaired) electrons. The molecular formula is C23H33N3. The molecule has 0 bridgehead atoms. The third-order valence-electron chi connectivity index (χ3n) is 4.58. The van der Waals surface area contributed by atoms with Crippen LogP contribution in [0.2, 0.25) is 0 Å². The fourth-order valence-corrected chi connectivity index (χ4v) is 3.16. The van der Waals surface area contributed by atoms with Gasteiger partial charge in [-0.1, -0.05) is 50.4 Å². The number of rotatable bonds is 10. The first kappa shape index (κ1) is 20.2. The second-order valence-corrected chi connectivity index (χ2v) is 6.88. The maximum absolute atomic E-state index is 5.70. The monoisotopic (exact) mass is 351 g/mol. The molecule has 2 rings (SSSR count). The Morgan fingerprint density at radius 1 is 1.27 bits per heavy atom. The zero-order valence-electron chi connectivity index (χ0n) is 16.1. The molecule has 0 atom stereocenters. The van der Waals surface area contributed by atoms with Crippen LogP contribution in [-0.4, -0.2) is 13.2 Å². The van der Waals surface area contributed by atoms with E-state index in [4.69, 9.17) is 5.73 Å². The van der Waals surface area contributed by atoms with Gasteiger partial charge < -0.3 is 16.4 Å². The fourth-order valence-electron chi connectivity index (χ4n) is 3.16. The molecule has 0 unspecified atom stereocenters. The number of nitrogens with two attached hydrogens (primary N) is 1. The van der Waals surface area contributed by atoms with Gasteiger partial charge in [0.05, 0.1) is 0 Å². The Kier molecular flexibility index (Phi) is 8.39. The van der Waals surface area contributed by atoms with Crippen LogP contribution in [0.15, 0.2) is 54.8 Å². The van der Waals surface area contributed by atoms with Crippen molar-refractivity contribution in [1.29, 1.82) is 0 Å². The van der Waals surface area contributed by atoms with E-state index >= 15 is 0 Å². The highest BCUT2D eigenvalue weighted by Gasteiger charge is 2.11. The Hall–Kier alpha value is -2.10. The van der Waals surface area contributed by atoms with Crippen molar-refractivity contribution in [3.63, 3.8) is 0 Å². The number of allylic oxidation sites excluding steroid dienone is 5. The van der Waals surface area contributed by atoms with Gasteiger partial charge in [0.25, 0.3) is 0 Å². The van der Waals surface area contributed by atoms with Crippen LogP contribution in [-0.2, 0) is 6.54 Å². The van der Waals surface area contributed by atoms with E-state index in [0.29, 0.717) is 0 Å². The van der Waals surface area contributed by atoms with E-state index in [1.54, 1.807) is 0 Å². The minimum atomic E-state index is 0.757. The van der Waals surface area contributed by atoms with Crippen molar-refractivity contribution in [3.05, 3.63) is 71.5 Å². The molecule has 0 saturated heterocycles. The van der Waals surface area contributed by atoms with Crippen LogP contribution >= 0.6 is 0 Å². The molecule has 0 aromatic heterocycles. The lowest BCUT2D eigenvalue weighted by atomic mass is 9.88. The summed E-state index contributed by atoms with van der Waals surface area (Å²) in [5.41, 5.74) is 12.7. The minimum absolute atomic E-state index is 0.757. The summed E-state index contributed by atoms with van der Waals surface area (Å²) in [4.78, 5) is 0. The zero-order chi connectivity index (χ0) is 18.8. The topological polar surface area (TPSA) is 50.1 Å². The van der Waals surface area contributed by atoms with Crippen molar-refractivity contribution >= 4 is 11.6 Å². The van der Waals surface area contributed by atoms with Gasteiger partial charge in [-0.3, -0.25) is 0 Å². The summed E-state index contributed by atoms with van der Waals surface area (Å²) in [6, 6.07) is 6.68. The van der Waals surface area contributed by atoms with Gasteiger partial charge in [0, 0.05) is 18.9 Å². The van der Waals surface area contributed by atoms with Crippen LogP contribution in [0, 0.1) is 0 Å². The molecule has 0 saturated carbocycles. The van der Waals surface area contributed by atoms with Gasteiger partial charge in [0.2, 0.25) is 0 Å². The van der Waals surface area contributed by atoms with Crippen LogP contribution in [0.4, 0.5) is 0 Å². The first-order valence-electron chi connectivity index (χ1n) is 9.64. The Morgan fingerprint density at radius 2 is 2.12 bits per heavy atom. The van der Waals surface area contributed by atoms with E-state index < -0.39 is 0 Å². The van der Waals surface area contributed by atoms with E-state index in [1.165, 1.54) is 22.3 Å². The fraction of sp³-hybridized carbons (Fsp3) is 0.391. The van der Waals surface area contributed by atoms with E-state index in [1.807, 2.05) is 0 Å². The second-order valence-electron chi connectivity index (χ2n) is 6.88. The summed E-state index contributed by atoms with van der Waals surface area (Å²) in [5.74, 6) is 0. The van der Waals surface area contributed by atoms with Crippen molar-refractivity contribution < 1.29 is 0 Å². The molecule has 26 heavy (non-hydrogen) atoms. The van der Waals surface area contributed by atoms with Crippen molar-refractivity contribution in [1.82, 2.24) is 10.6 Å². The molecule has 0 aliphatic heterocycles. The van der Waals surface area contributed by atoms with Crippen LogP contribution in [0.1, 0.15) is 55.7 Å². The zero-order valence-corrected chi connectivity index (χ0v) is 16.1. The van der Waals surface area contributed by atoms with Crippen molar-refractivity contribution in [2.45, 2.75) is 45.6 Å². The van der Waals surface area contributed by atoms with E-state index in [9.17, 15) is 0 Å². The summed E-state index contributed by atoms with van der Waals surface area (Å²) in [7, 11) is 0. The van der Waals surface area contributed by atoms with Crippen molar-refractivity contribution in [2.24, 2.45) is 5.73 Å². The highest BCUT2D eigenvalue weighted by Crippen LogP contribution is 2.31. The molecule has 0 spiro atoms. The maximum atomic E-state index is 5.70. The Balaban J connectivity index is 2.04. The lowest BCUT2D eigenvalue weighted by Gasteiger charge is -2.17. The smallest absolute Gasteiger partial charge is 0.0456 e. The molecule has 0 fully saturated rings. The Labute approximate surface area is 158 Å². The predicted octanol–water partition coefficient (Wildman–Crippen LogP) is 4.73. The predicted molar refractivity (Wildman–Crippen MR) is 114 cm³/mol. The highest BCUT2D eigenvalue weighted by atomic mass is 15.0. The molecule has 0 heterocycles. The van der Waals surface area contributed by atoms with E-state index in [0.717, 1.165) is 63.1 Å². The molecule has 1 aromatic carbocycles. The minimum Gasteiger partial charge on any atom is -0.403 e. The summed E-state index contributed by atoms with van der Waals surface area (Å²) in [6.07, 6.45) is 11.7. The van der Waals surface area contributed by atoms with Gasteiger partial charge in [-0.05, 0) is 72.6 Å². The van der Waals surface area contributed by atoms with Crippen LogP contribution < -0.4 is 16.4 Å². The van der Waals surface area contributed by atoms with Crippen molar-refractivity contribution in [3.8, 4) is 0 Å². The van der Waals surface area contributed by atoms with E-state index in [-0.39, 0.29) is 0 Å². The number of hydrogen-bond acceptors (Lipinski definition) is 3. The van der Waals surface area contributed by atoms with Gasteiger partial charge in [-0.2, -0.15) is 0 Å². The largest absolute Gasteiger partial charge is 0.403 e. The third kappa shape index (κ3) is 6.32. The lowest BCUT2D eigenvalue weighted by molar-refractivity contribution is 0.578. The van der Waals surface area contributed by atoms with E-state index in [2.05, 4.69) is 67.1 Å². The van der Waals surface area contributed by atoms with Gasteiger partial charge in [-0.25, -0.2) is 0 Å². The quantitative estimate of drug-likeness (QED) is 0.422. The Morgan fingerprint density at radius 3 is 2.88 bits per heavy atom. The van der Waals surface area contributed by atoms with Gasteiger partial charge >= 0.3 is 0 Å². The van der Waals surface area contributed by atoms with Gasteiger partial charge in [0.15, 0.2) is 0 Å². The second kappa shape index (κ2) is 10.8. The summed E-state index contributed by atoms with van der Waals surface area (Å²) in [6.45, 7) is 13.1. The lowest BCUT2D eigenvalue weighted by Crippen LogP contribution is -2.29. The molecule has 0 amide bonds. The summed E-state index contributed by atoms with van der Waals surface area (Å²) in [5, 5.41) is 6.81. The maximum Gasteiger partial charge on any atom is 0.0456 e. The van der Waals surface area contributed by atoms with Gasteiger partial charge in [0.1, 0.15) is 0 Å². The number of hydrogen-bond donors (Lipinski definition) is 3. The van der Waals surface area contributed by atoms with Crippen LogP contribution in [0.25, 0.3) is 11.6 Å². The van der Waals surface area contributed by atoms with Gasteiger partial charge in [-0.15, -0.1) is 0 Å². The molecule has 1 aromatic rings. The van der Waals surface area contributed by atoms with Crippen LogP contribution in [0.3, 0.4) is 0 Å². The molecule has 1 aliphatic rings. The summed E-state index contributed by atoms with van der Waals surface area (Å²) < 4.78 is 0. The molecule has 1 aliphatic carbocycles. The normalized spacial score (nSPS) is 17.0. The molecule has 140 valence electrons. The first-order valence-corrected chi connectivity index (χ1v) is 9.64. The molecule has 3 nitrogen and oxygen atoms in total. The molecule has 3 heteroatoms. The number of benzene rings is 1. The van der Waals surface area contributed by atoms with Crippen LogP contribution in [0.5, 0.6) is 0 Å². The number of nitrogens with one attached hydrogen (secondary N) is 2. The SMILES string of the molecule is C=C(N)CCC/C1=C/C/C=C\c2cc(CNCNCCC)ccc2C1=C. The highest BCUT2D eigenvalue weighted by molar-refractivity contribution is 5.83. The average Bonchev–Trinajstić information content (AvgIpc) is 2.61. The number of fused-ring (bicyclic) bond motifs is 1. The van der Waals surface area contributed by atoms with Crippen molar-refractivity contribution in [2.75, 3.05) is 13.2 Å². The molecule has 4 N–H and O–H groups in total. The average molecular weight is 352 g/mol. The third-order valence-corrected chi connectivity index (χ3v) is 4.58. The standard InChI is InChI=1S/C23H33N3/c1-4-14-25-17-26-16-20-12-13-23-19(3)21(11-7-8-18(2)24)9-5-6-10-22(23)15-20/h6,9-10,12-13,15,25-26H,2-5,7-8,11,14,16-17,24H2,1H3/b10-6-,21-9-. The summed E-state index contributed by atoms with van der Waals surface area (Å²) >= 11 is 0. The Bertz CT molecular complexity index is 683. The molecular weight excluding hydrogens is 318 g/mol. The first-order chi connectivity index (χ1) is 12.6.